The number of sulfone groups is 1. The van der Waals surface area contributed by atoms with Crippen molar-refractivity contribution in [2.45, 2.75) is 5.03 Å². The molecule has 20 heavy (non-hydrogen) atoms. The Morgan fingerprint density at radius 3 is 2.15 bits per heavy atom. The zero-order chi connectivity index (χ0) is 14.8. The lowest BCUT2D eigenvalue weighted by atomic mass is 10.3. The number of nitro groups is 1. The number of benzene rings is 1. The first-order valence-corrected chi connectivity index (χ1v) is 7.34. The van der Waals surface area contributed by atoms with Crippen LogP contribution in [0.4, 0.5) is 5.69 Å². The van der Waals surface area contributed by atoms with Crippen LogP contribution in [0.25, 0.3) is 0 Å². The summed E-state index contributed by atoms with van der Waals surface area (Å²) in [7, 11) is -3.35. The van der Waals surface area contributed by atoms with Gasteiger partial charge in [-0.3, -0.25) is 10.1 Å². The molecule has 8 heteroatoms. The lowest BCUT2D eigenvalue weighted by Crippen LogP contribution is -1.99. The third-order valence-corrected chi connectivity index (χ3v) is 3.37. The fourth-order valence-corrected chi connectivity index (χ4v) is 1.98. The summed E-state index contributed by atoms with van der Waals surface area (Å²) >= 11 is 0. The average Bonchev–Trinajstić information content (AvgIpc) is 2.39. The number of rotatable bonds is 4. The van der Waals surface area contributed by atoms with E-state index in [4.69, 9.17) is 4.74 Å². The second kappa shape index (κ2) is 5.25. The summed E-state index contributed by atoms with van der Waals surface area (Å²) in [6, 6.07) is 8.31. The van der Waals surface area contributed by atoms with Gasteiger partial charge < -0.3 is 4.74 Å². The quantitative estimate of drug-likeness (QED) is 0.633. The van der Waals surface area contributed by atoms with Crippen molar-refractivity contribution in [1.29, 1.82) is 0 Å². The molecule has 0 bridgehead atoms. The van der Waals surface area contributed by atoms with E-state index < -0.39 is 14.8 Å². The highest BCUT2D eigenvalue weighted by Gasteiger charge is 2.09. The van der Waals surface area contributed by atoms with Crippen molar-refractivity contribution in [1.82, 2.24) is 4.98 Å². The molecule has 0 saturated heterocycles. The molecule has 0 aliphatic carbocycles. The van der Waals surface area contributed by atoms with E-state index in [1.807, 2.05) is 0 Å². The summed E-state index contributed by atoms with van der Waals surface area (Å²) in [6.07, 6.45) is 2.34. The first kappa shape index (κ1) is 13.9. The van der Waals surface area contributed by atoms with Gasteiger partial charge in [-0.2, -0.15) is 0 Å². The summed E-state index contributed by atoms with van der Waals surface area (Å²) in [4.78, 5) is 13.8. The average molecular weight is 294 g/mol. The van der Waals surface area contributed by atoms with Gasteiger partial charge in [0.25, 0.3) is 5.69 Å². The van der Waals surface area contributed by atoms with E-state index in [0.717, 1.165) is 6.26 Å². The Hall–Kier alpha value is -2.48. The van der Waals surface area contributed by atoms with Gasteiger partial charge in [-0.05, 0) is 24.3 Å². The van der Waals surface area contributed by atoms with Crippen LogP contribution in [0.3, 0.4) is 0 Å². The monoisotopic (exact) mass is 294 g/mol. The largest absolute Gasteiger partial charge is 0.456 e. The zero-order valence-corrected chi connectivity index (χ0v) is 11.2. The summed E-state index contributed by atoms with van der Waals surface area (Å²) < 4.78 is 27.9. The fourth-order valence-electron chi connectivity index (χ4n) is 1.42. The molecule has 0 unspecified atom stereocenters. The molecule has 0 atom stereocenters. The highest BCUT2D eigenvalue weighted by Crippen LogP contribution is 2.23. The Balaban J connectivity index is 2.16. The maximum atomic E-state index is 11.2. The van der Waals surface area contributed by atoms with Crippen molar-refractivity contribution >= 4 is 15.5 Å². The number of hydrogen-bond donors (Lipinski definition) is 0. The van der Waals surface area contributed by atoms with Gasteiger partial charge in [0, 0.05) is 18.4 Å². The molecule has 104 valence electrons. The molecule has 1 heterocycles. The Morgan fingerprint density at radius 1 is 1.10 bits per heavy atom. The predicted molar refractivity (Wildman–Crippen MR) is 70.5 cm³/mol. The molecule has 0 radical (unpaired) electrons. The molecule has 1 aromatic heterocycles. The highest BCUT2D eigenvalue weighted by atomic mass is 32.2. The van der Waals surface area contributed by atoms with Crippen LogP contribution in [-0.2, 0) is 9.84 Å². The minimum Gasteiger partial charge on any atom is -0.456 e. The van der Waals surface area contributed by atoms with E-state index in [1.165, 1.54) is 42.6 Å². The standard InChI is InChI=1S/C12H10N2O5S/c1-20(17,18)12-7-6-11(8-13-12)19-10-4-2-9(3-5-10)14(15)16/h2-8H,1H3. The maximum Gasteiger partial charge on any atom is 0.269 e. The molecule has 0 aliphatic rings. The van der Waals surface area contributed by atoms with Crippen LogP contribution < -0.4 is 4.74 Å². The second-order valence-electron chi connectivity index (χ2n) is 3.96. The van der Waals surface area contributed by atoms with Gasteiger partial charge in [0.05, 0.1) is 11.1 Å². The summed E-state index contributed by atoms with van der Waals surface area (Å²) in [6.45, 7) is 0. The topological polar surface area (TPSA) is 99.4 Å². The minimum atomic E-state index is -3.35. The van der Waals surface area contributed by atoms with E-state index in [-0.39, 0.29) is 10.7 Å². The number of aromatic nitrogens is 1. The number of nitro benzene ring substituents is 1. The van der Waals surface area contributed by atoms with E-state index in [2.05, 4.69) is 4.98 Å². The number of ether oxygens (including phenoxy) is 1. The number of nitrogens with zero attached hydrogens (tertiary/aromatic N) is 2. The van der Waals surface area contributed by atoms with Gasteiger partial charge in [-0.15, -0.1) is 0 Å². The lowest BCUT2D eigenvalue weighted by Gasteiger charge is -2.05. The first-order valence-electron chi connectivity index (χ1n) is 5.45. The van der Waals surface area contributed by atoms with Crippen molar-refractivity contribution in [3.63, 3.8) is 0 Å². The smallest absolute Gasteiger partial charge is 0.269 e. The van der Waals surface area contributed by atoms with Crippen molar-refractivity contribution in [3.8, 4) is 11.5 Å². The van der Waals surface area contributed by atoms with Gasteiger partial charge in [0.2, 0.25) is 0 Å². The van der Waals surface area contributed by atoms with Gasteiger partial charge in [0.1, 0.15) is 11.5 Å². The second-order valence-corrected chi connectivity index (χ2v) is 5.92. The van der Waals surface area contributed by atoms with Gasteiger partial charge >= 0.3 is 0 Å². The van der Waals surface area contributed by atoms with Crippen LogP contribution in [0.5, 0.6) is 11.5 Å². The molecule has 2 aromatic rings. The van der Waals surface area contributed by atoms with Crippen LogP contribution >= 0.6 is 0 Å². The molecule has 2 rings (SSSR count). The van der Waals surface area contributed by atoms with E-state index >= 15 is 0 Å². The van der Waals surface area contributed by atoms with Gasteiger partial charge in [-0.1, -0.05) is 0 Å². The SMILES string of the molecule is CS(=O)(=O)c1ccc(Oc2ccc([N+](=O)[O-])cc2)cn1. The highest BCUT2D eigenvalue weighted by molar-refractivity contribution is 7.90. The van der Waals surface area contributed by atoms with E-state index in [0.29, 0.717) is 11.5 Å². The molecule has 0 amide bonds. The summed E-state index contributed by atoms with van der Waals surface area (Å²) in [5.74, 6) is 0.732. The molecule has 1 aromatic carbocycles. The van der Waals surface area contributed by atoms with Crippen molar-refractivity contribution in [2.75, 3.05) is 6.26 Å². The van der Waals surface area contributed by atoms with Crippen LogP contribution in [0.1, 0.15) is 0 Å². The number of non-ortho nitro benzene ring substituents is 1. The van der Waals surface area contributed by atoms with Crippen molar-refractivity contribution in [2.24, 2.45) is 0 Å². The minimum absolute atomic E-state index is 0.0390. The lowest BCUT2D eigenvalue weighted by molar-refractivity contribution is -0.384. The number of pyridine rings is 1. The normalized spacial score (nSPS) is 11.1. The van der Waals surface area contributed by atoms with E-state index in [1.54, 1.807) is 0 Å². The summed E-state index contributed by atoms with van der Waals surface area (Å²) in [5.41, 5.74) is -0.0390. The molecule has 0 fully saturated rings. The van der Waals surface area contributed by atoms with Crippen molar-refractivity contribution in [3.05, 3.63) is 52.7 Å². The van der Waals surface area contributed by atoms with Crippen LogP contribution in [0.15, 0.2) is 47.6 Å². The Kier molecular flexibility index (Phi) is 3.66. The molecule has 0 N–H and O–H groups in total. The molecule has 7 nitrogen and oxygen atoms in total. The maximum absolute atomic E-state index is 11.2. The third kappa shape index (κ3) is 3.29. The fraction of sp³-hybridized carbons (Fsp3) is 0.0833. The van der Waals surface area contributed by atoms with Gasteiger partial charge in [-0.25, -0.2) is 13.4 Å². The van der Waals surface area contributed by atoms with Crippen LogP contribution in [-0.4, -0.2) is 24.6 Å². The van der Waals surface area contributed by atoms with E-state index in [9.17, 15) is 18.5 Å². The molecular weight excluding hydrogens is 284 g/mol. The van der Waals surface area contributed by atoms with Crippen molar-refractivity contribution < 1.29 is 18.1 Å². The predicted octanol–water partition coefficient (Wildman–Crippen LogP) is 2.19. The Bertz CT molecular complexity index is 723. The molecule has 0 spiro atoms. The van der Waals surface area contributed by atoms with Crippen LogP contribution in [0.2, 0.25) is 0 Å². The Morgan fingerprint density at radius 2 is 1.70 bits per heavy atom. The first-order chi connectivity index (χ1) is 9.36. The van der Waals surface area contributed by atoms with Crippen LogP contribution in [0, 0.1) is 10.1 Å². The van der Waals surface area contributed by atoms with Gasteiger partial charge in [0.15, 0.2) is 14.9 Å². The summed E-state index contributed by atoms with van der Waals surface area (Å²) in [5, 5.41) is 10.5. The third-order valence-electron chi connectivity index (χ3n) is 2.37. The Labute approximate surface area is 114 Å². The number of hydrogen-bond acceptors (Lipinski definition) is 6. The molecule has 0 aliphatic heterocycles. The zero-order valence-electron chi connectivity index (χ0n) is 10.4. The molecular formula is C12H10N2O5S. The molecule has 0 saturated carbocycles.